The Morgan fingerprint density at radius 1 is 1.12 bits per heavy atom. The molecule has 0 bridgehead atoms. The minimum Gasteiger partial charge on any atom is -0.481 e. The fourth-order valence-corrected chi connectivity index (χ4v) is 1.90. The first-order valence-electron chi connectivity index (χ1n) is 5.69. The number of thioether (sulfide) groups is 1. The predicted octanol–water partition coefficient (Wildman–Crippen LogP) is 0.604. The van der Waals surface area contributed by atoms with Crippen LogP contribution in [0.3, 0.4) is 0 Å². The maximum Gasteiger partial charge on any atom is 0.313 e. The monoisotopic (exact) mass is 262 g/mol. The third-order valence-corrected chi connectivity index (χ3v) is 3.02. The second kappa shape index (κ2) is 9.30. The lowest BCUT2D eigenvalue weighted by atomic mass is 10.4. The first-order valence-corrected chi connectivity index (χ1v) is 6.84. The molecule has 17 heavy (non-hydrogen) atoms. The minimum atomic E-state index is -0.877. The van der Waals surface area contributed by atoms with Crippen molar-refractivity contribution in [1.82, 2.24) is 9.80 Å². The molecule has 0 aliphatic rings. The highest BCUT2D eigenvalue weighted by Crippen LogP contribution is 2.03. The fourth-order valence-electron chi connectivity index (χ4n) is 1.27. The Balaban J connectivity index is 4.00. The van der Waals surface area contributed by atoms with Crippen molar-refractivity contribution in [1.29, 1.82) is 0 Å². The summed E-state index contributed by atoms with van der Waals surface area (Å²) in [5.74, 6) is -0.614. The second-order valence-corrected chi connectivity index (χ2v) is 5.06. The zero-order valence-electron chi connectivity index (χ0n) is 10.8. The van der Waals surface area contributed by atoms with Gasteiger partial charge >= 0.3 is 5.97 Å². The molecule has 1 amide bonds. The summed E-state index contributed by atoms with van der Waals surface area (Å²) in [6, 6.07) is 0. The maximum absolute atomic E-state index is 11.8. The van der Waals surface area contributed by atoms with Crippen LogP contribution in [0.4, 0.5) is 0 Å². The largest absolute Gasteiger partial charge is 0.481 e. The van der Waals surface area contributed by atoms with Crippen molar-refractivity contribution >= 4 is 23.6 Å². The van der Waals surface area contributed by atoms with Gasteiger partial charge in [0.2, 0.25) is 5.91 Å². The van der Waals surface area contributed by atoms with Gasteiger partial charge in [0, 0.05) is 19.6 Å². The molecule has 0 unspecified atom stereocenters. The molecule has 0 aliphatic carbocycles. The van der Waals surface area contributed by atoms with Gasteiger partial charge in [-0.05, 0) is 20.5 Å². The smallest absolute Gasteiger partial charge is 0.313 e. The van der Waals surface area contributed by atoms with Gasteiger partial charge in [-0.3, -0.25) is 9.59 Å². The highest BCUT2D eigenvalue weighted by molar-refractivity contribution is 8.00. The van der Waals surface area contributed by atoms with E-state index in [0.29, 0.717) is 6.54 Å². The van der Waals surface area contributed by atoms with Crippen molar-refractivity contribution in [3.8, 4) is 0 Å². The van der Waals surface area contributed by atoms with Gasteiger partial charge in [-0.25, -0.2) is 0 Å². The number of hydrogen-bond acceptors (Lipinski definition) is 4. The number of amides is 1. The molecule has 0 radical (unpaired) electrons. The minimum absolute atomic E-state index is 0.0145. The van der Waals surface area contributed by atoms with Crippen LogP contribution in [0.2, 0.25) is 0 Å². The molecule has 0 spiro atoms. The molecule has 100 valence electrons. The van der Waals surface area contributed by atoms with E-state index in [9.17, 15) is 9.59 Å². The number of carbonyl (C=O) groups is 2. The highest BCUT2D eigenvalue weighted by Gasteiger charge is 2.13. The van der Waals surface area contributed by atoms with Crippen molar-refractivity contribution in [2.45, 2.75) is 13.3 Å². The van der Waals surface area contributed by atoms with Crippen molar-refractivity contribution in [2.24, 2.45) is 0 Å². The molecule has 6 heteroatoms. The quantitative estimate of drug-likeness (QED) is 0.659. The second-order valence-electron chi connectivity index (χ2n) is 4.07. The average molecular weight is 262 g/mol. The predicted molar refractivity (Wildman–Crippen MR) is 70.4 cm³/mol. The molecule has 0 saturated carbocycles. The zero-order chi connectivity index (χ0) is 13.3. The summed E-state index contributed by atoms with van der Waals surface area (Å²) in [6.45, 7) is 4.29. The highest BCUT2D eigenvalue weighted by atomic mass is 32.2. The van der Waals surface area contributed by atoms with Crippen molar-refractivity contribution in [3.63, 3.8) is 0 Å². The van der Waals surface area contributed by atoms with E-state index in [4.69, 9.17) is 5.11 Å². The number of rotatable bonds is 9. The third kappa shape index (κ3) is 9.00. The molecular weight excluding hydrogens is 240 g/mol. The van der Waals surface area contributed by atoms with E-state index < -0.39 is 5.97 Å². The van der Waals surface area contributed by atoms with E-state index in [1.165, 1.54) is 0 Å². The van der Waals surface area contributed by atoms with Gasteiger partial charge < -0.3 is 14.9 Å². The van der Waals surface area contributed by atoms with Crippen molar-refractivity contribution in [3.05, 3.63) is 0 Å². The van der Waals surface area contributed by atoms with Crippen LogP contribution in [0, 0.1) is 0 Å². The molecular formula is C11H22N2O3S. The summed E-state index contributed by atoms with van der Waals surface area (Å²) in [5.41, 5.74) is 0. The number of aliphatic carboxylic acids is 1. The molecule has 0 heterocycles. The van der Waals surface area contributed by atoms with Gasteiger partial charge in [0.15, 0.2) is 0 Å². The van der Waals surface area contributed by atoms with Crippen LogP contribution in [0.1, 0.15) is 13.3 Å². The van der Waals surface area contributed by atoms with Crippen LogP contribution < -0.4 is 0 Å². The van der Waals surface area contributed by atoms with Crippen LogP contribution in [0.15, 0.2) is 0 Å². The summed E-state index contributed by atoms with van der Waals surface area (Å²) < 4.78 is 0. The summed E-state index contributed by atoms with van der Waals surface area (Å²) in [7, 11) is 3.93. The number of carboxylic acid groups (broad SMARTS) is 1. The lowest BCUT2D eigenvalue weighted by molar-refractivity contribution is -0.133. The van der Waals surface area contributed by atoms with Crippen LogP contribution in [0.5, 0.6) is 0 Å². The van der Waals surface area contributed by atoms with E-state index in [2.05, 4.69) is 0 Å². The van der Waals surface area contributed by atoms with Crippen LogP contribution in [-0.2, 0) is 9.59 Å². The summed E-state index contributed by atoms with van der Waals surface area (Å²) >= 11 is 1.15. The van der Waals surface area contributed by atoms with Crippen molar-refractivity contribution in [2.75, 3.05) is 45.2 Å². The summed E-state index contributed by atoms with van der Waals surface area (Å²) in [6.07, 6.45) is 0.919. The van der Waals surface area contributed by atoms with E-state index in [-0.39, 0.29) is 17.4 Å². The SMILES string of the molecule is CCCN(CCN(C)C)C(=O)CSCC(=O)O. The van der Waals surface area contributed by atoms with Gasteiger partial charge in [-0.1, -0.05) is 6.92 Å². The molecule has 0 aromatic rings. The first kappa shape index (κ1) is 16.2. The van der Waals surface area contributed by atoms with Gasteiger partial charge in [0.25, 0.3) is 0 Å². The van der Waals surface area contributed by atoms with Gasteiger partial charge in [-0.2, -0.15) is 0 Å². The first-order chi connectivity index (χ1) is 7.97. The molecule has 0 aromatic carbocycles. The molecule has 0 saturated heterocycles. The molecule has 0 rings (SSSR count). The maximum atomic E-state index is 11.8. The Morgan fingerprint density at radius 3 is 2.24 bits per heavy atom. The normalized spacial score (nSPS) is 10.6. The number of carbonyl (C=O) groups excluding carboxylic acids is 1. The standard InChI is InChI=1S/C11H22N2O3S/c1-4-5-13(7-6-12(2)3)10(14)8-17-9-11(15)16/h4-9H2,1-3H3,(H,15,16). The topological polar surface area (TPSA) is 60.9 Å². The van der Waals surface area contributed by atoms with E-state index in [1.807, 2.05) is 25.9 Å². The molecule has 0 aliphatic heterocycles. The Morgan fingerprint density at radius 2 is 1.76 bits per heavy atom. The Kier molecular flexibility index (Phi) is 8.89. The van der Waals surface area contributed by atoms with Gasteiger partial charge in [0.1, 0.15) is 0 Å². The Bertz CT molecular complexity index is 247. The number of carboxylic acids is 1. The molecule has 5 nitrogen and oxygen atoms in total. The van der Waals surface area contributed by atoms with E-state index in [1.54, 1.807) is 4.90 Å². The lowest BCUT2D eigenvalue weighted by Gasteiger charge is -2.23. The Labute approximate surface area is 107 Å². The Hall–Kier alpha value is -0.750. The number of hydrogen-bond donors (Lipinski definition) is 1. The summed E-state index contributed by atoms with van der Waals surface area (Å²) in [4.78, 5) is 26.0. The van der Waals surface area contributed by atoms with Crippen LogP contribution in [0.25, 0.3) is 0 Å². The van der Waals surface area contributed by atoms with Crippen LogP contribution in [-0.4, -0.2) is 72.0 Å². The van der Waals surface area contributed by atoms with E-state index in [0.717, 1.165) is 31.3 Å². The number of nitrogens with zero attached hydrogens (tertiary/aromatic N) is 2. The molecule has 0 atom stereocenters. The van der Waals surface area contributed by atoms with Crippen molar-refractivity contribution < 1.29 is 14.7 Å². The fraction of sp³-hybridized carbons (Fsp3) is 0.818. The zero-order valence-corrected chi connectivity index (χ0v) is 11.6. The van der Waals surface area contributed by atoms with Crippen LogP contribution >= 0.6 is 11.8 Å². The molecule has 1 N–H and O–H groups in total. The lowest BCUT2D eigenvalue weighted by Crippen LogP contribution is -2.38. The third-order valence-electron chi connectivity index (χ3n) is 2.11. The van der Waals surface area contributed by atoms with E-state index >= 15 is 0 Å². The number of likely N-dealkylation sites (N-methyl/N-ethyl adjacent to an activating group) is 1. The molecule has 0 aromatic heterocycles. The van der Waals surface area contributed by atoms with Gasteiger partial charge in [0.05, 0.1) is 11.5 Å². The average Bonchev–Trinajstić information content (AvgIpc) is 2.23. The van der Waals surface area contributed by atoms with Gasteiger partial charge in [-0.15, -0.1) is 11.8 Å². The summed E-state index contributed by atoms with van der Waals surface area (Å²) in [5, 5.41) is 8.49. The molecule has 0 fully saturated rings.